The van der Waals surface area contributed by atoms with Gasteiger partial charge in [0.2, 0.25) is 5.69 Å². The van der Waals surface area contributed by atoms with Crippen LogP contribution in [0.15, 0.2) is 102 Å². The summed E-state index contributed by atoms with van der Waals surface area (Å²) in [5.41, 5.74) is 10.1. The van der Waals surface area contributed by atoms with Gasteiger partial charge in [-0.1, -0.05) is 66.7 Å². The summed E-state index contributed by atoms with van der Waals surface area (Å²) < 4.78 is 24.3. The lowest BCUT2D eigenvalue weighted by molar-refractivity contribution is -0.660. The molecule has 1 fully saturated rings. The lowest BCUT2D eigenvalue weighted by Gasteiger charge is -2.29. The van der Waals surface area contributed by atoms with Crippen molar-refractivity contribution in [2.75, 3.05) is 0 Å². The van der Waals surface area contributed by atoms with Crippen LogP contribution in [0.5, 0.6) is 0 Å². The molecule has 0 amide bonds. The third kappa shape index (κ3) is 4.54. The van der Waals surface area contributed by atoms with Crippen LogP contribution in [0.1, 0.15) is 59.8 Å². The molecule has 2 nitrogen and oxygen atoms in total. The third-order valence-electron chi connectivity index (χ3n) is 9.20. The standard InChI is InChI=1S/C38H35FNO/c1-24-21-22-40(3)34(23-24)35-25(2)9-18-31-32-19-20-33(39)36(38(32)41-37(31)35)30-16-14-29(15-17-30)28-12-10-27(11-13-28)26-7-5-4-6-8-26/h4-9,14-23,27-28H,10-13H2,1-3H3/q+1. The molecule has 0 bridgehead atoms. The highest BCUT2D eigenvalue weighted by molar-refractivity contribution is 6.13. The van der Waals surface area contributed by atoms with Crippen molar-refractivity contribution in [2.24, 2.45) is 7.05 Å². The van der Waals surface area contributed by atoms with Crippen LogP contribution in [-0.4, -0.2) is 0 Å². The Morgan fingerprint density at radius 1 is 0.683 bits per heavy atom. The van der Waals surface area contributed by atoms with Crippen molar-refractivity contribution < 1.29 is 13.4 Å². The number of aromatic nitrogens is 1. The van der Waals surface area contributed by atoms with Crippen LogP contribution in [0, 0.1) is 19.7 Å². The molecular weight excluding hydrogens is 505 g/mol. The second-order valence-electron chi connectivity index (χ2n) is 11.8. The molecule has 0 aliphatic heterocycles. The fraction of sp³-hybridized carbons (Fsp3) is 0.237. The van der Waals surface area contributed by atoms with Crippen LogP contribution in [0.3, 0.4) is 0 Å². The second-order valence-corrected chi connectivity index (χ2v) is 11.8. The van der Waals surface area contributed by atoms with Crippen LogP contribution in [0.25, 0.3) is 44.3 Å². The molecule has 0 unspecified atom stereocenters. The SMILES string of the molecule is Cc1cc[n+](C)c(-c2c(C)ccc3c2oc2c(-c4ccc(C5CCC(c6ccccc6)CC5)cc4)c(F)ccc23)c1. The molecule has 2 heterocycles. The Hall–Kier alpha value is -4.24. The maximum Gasteiger partial charge on any atom is 0.216 e. The summed E-state index contributed by atoms with van der Waals surface area (Å²) >= 11 is 0. The van der Waals surface area contributed by atoms with Gasteiger partial charge in [-0.15, -0.1) is 0 Å². The summed E-state index contributed by atoms with van der Waals surface area (Å²) in [6.45, 7) is 4.21. The fourth-order valence-electron chi connectivity index (χ4n) is 6.90. The highest BCUT2D eigenvalue weighted by atomic mass is 19.1. The van der Waals surface area contributed by atoms with Crippen molar-refractivity contribution in [1.29, 1.82) is 0 Å². The number of aryl methyl sites for hydroxylation is 3. The first-order valence-electron chi connectivity index (χ1n) is 14.7. The molecule has 204 valence electrons. The van der Waals surface area contributed by atoms with Crippen LogP contribution >= 0.6 is 0 Å². The molecule has 41 heavy (non-hydrogen) atoms. The van der Waals surface area contributed by atoms with Gasteiger partial charge in [0.15, 0.2) is 6.20 Å². The van der Waals surface area contributed by atoms with E-state index in [2.05, 4.69) is 111 Å². The maximum absolute atomic E-state index is 15.5. The number of halogens is 1. The summed E-state index contributed by atoms with van der Waals surface area (Å²) in [6.07, 6.45) is 6.87. The topological polar surface area (TPSA) is 17.0 Å². The Kier molecular flexibility index (Phi) is 6.46. The lowest BCUT2D eigenvalue weighted by atomic mass is 9.76. The Labute approximate surface area is 241 Å². The van der Waals surface area contributed by atoms with E-state index in [0.717, 1.165) is 38.7 Å². The molecule has 1 aliphatic carbocycles. The van der Waals surface area contributed by atoms with Gasteiger partial charge in [-0.2, -0.15) is 0 Å². The first-order valence-corrected chi connectivity index (χ1v) is 14.7. The largest absolute Gasteiger partial charge is 0.454 e. The molecule has 1 aliphatic rings. The van der Waals surface area contributed by atoms with E-state index in [1.54, 1.807) is 6.07 Å². The average Bonchev–Trinajstić information content (AvgIpc) is 3.37. The van der Waals surface area contributed by atoms with E-state index in [9.17, 15) is 0 Å². The first kappa shape index (κ1) is 25.7. The van der Waals surface area contributed by atoms with Gasteiger partial charge in [-0.25, -0.2) is 8.96 Å². The van der Waals surface area contributed by atoms with Gasteiger partial charge >= 0.3 is 0 Å². The fourth-order valence-corrected chi connectivity index (χ4v) is 6.90. The highest BCUT2D eigenvalue weighted by Gasteiger charge is 2.25. The smallest absolute Gasteiger partial charge is 0.216 e. The first-order chi connectivity index (χ1) is 20.0. The van der Waals surface area contributed by atoms with Gasteiger partial charge in [0, 0.05) is 22.9 Å². The van der Waals surface area contributed by atoms with Crippen LogP contribution in [0.4, 0.5) is 4.39 Å². The normalized spacial score (nSPS) is 17.4. The summed E-state index contributed by atoms with van der Waals surface area (Å²) in [4.78, 5) is 0. The molecule has 0 saturated heterocycles. The number of nitrogens with zero attached hydrogens (tertiary/aromatic N) is 1. The van der Waals surface area contributed by atoms with Gasteiger partial charge < -0.3 is 4.42 Å². The van der Waals surface area contributed by atoms with Gasteiger partial charge in [0.1, 0.15) is 24.0 Å². The summed E-state index contributed by atoms with van der Waals surface area (Å²) in [5.74, 6) is 0.950. The van der Waals surface area contributed by atoms with Crippen molar-refractivity contribution in [2.45, 2.75) is 51.4 Å². The number of furan rings is 1. The number of hydrogen-bond donors (Lipinski definition) is 0. The van der Waals surface area contributed by atoms with Crippen molar-refractivity contribution >= 4 is 21.9 Å². The Morgan fingerprint density at radius 2 is 1.29 bits per heavy atom. The third-order valence-corrected chi connectivity index (χ3v) is 9.20. The molecule has 3 heteroatoms. The summed E-state index contributed by atoms with van der Waals surface area (Å²) in [5, 5.41) is 1.95. The monoisotopic (exact) mass is 540 g/mol. The maximum atomic E-state index is 15.5. The minimum absolute atomic E-state index is 0.257. The molecule has 2 aromatic heterocycles. The van der Waals surface area contributed by atoms with Gasteiger partial charge in [-0.3, -0.25) is 0 Å². The number of hydrogen-bond acceptors (Lipinski definition) is 1. The zero-order valence-corrected chi connectivity index (χ0v) is 24.0. The van der Waals surface area contributed by atoms with E-state index < -0.39 is 0 Å². The summed E-state index contributed by atoms with van der Waals surface area (Å²) in [6, 6.07) is 31.4. The average molecular weight is 541 g/mol. The number of benzene rings is 4. The Balaban J connectivity index is 1.25. The van der Waals surface area contributed by atoms with Crippen LogP contribution in [-0.2, 0) is 7.05 Å². The van der Waals surface area contributed by atoms with Gasteiger partial charge in [0.05, 0.1) is 11.1 Å². The molecule has 0 spiro atoms. The number of fused-ring (bicyclic) bond motifs is 3. The second kappa shape index (κ2) is 10.3. The van der Waals surface area contributed by atoms with Crippen molar-refractivity contribution in [3.8, 4) is 22.4 Å². The van der Waals surface area contributed by atoms with Crippen molar-refractivity contribution in [1.82, 2.24) is 0 Å². The van der Waals surface area contributed by atoms with Gasteiger partial charge in [0.25, 0.3) is 0 Å². The minimum atomic E-state index is -0.257. The molecule has 0 N–H and O–H groups in total. The summed E-state index contributed by atoms with van der Waals surface area (Å²) in [7, 11) is 2.05. The zero-order chi connectivity index (χ0) is 28.1. The molecule has 7 rings (SSSR count). The molecule has 4 aromatic carbocycles. The molecule has 6 aromatic rings. The molecule has 0 radical (unpaired) electrons. The number of pyridine rings is 1. The lowest BCUT2D eigenvalue weighted by Crippen LogP contribution is -2.30. The van der Waals surface area contributed by atoms with Crippen molar-refractivity contribution in [3.63, 3.8) is 0 Å². The van der Waals surface area contributed by atoms with Crippen LogP contribution in [0.2, 0.25) is 0 Å². The predicted molar refractivity (Wildman–Crippen MR) is 166 cm³/mol. The zero-order valence-electron chi connectivity index (χ0n) is 24.0. The molecule has 0 atom stereocenters. The molecular formula is C38H35FNO+. The van der Waals surface area contributed by atoms with E-state index >= 15 is 4.39 Å². The number of rotatable bonds is 4. The van der Waals surface area contributed by atoms with Crippen LogP contribution < -0.4 is 4.57 Å². The van der Waals surface area contributed by atoms with Crippen molar-refractivity contribution in [3.05, 3.63) is 125 Å². The predicted octanol–water partition coefficient (Wildman–Crippen LogP) is 9.94. The van der Waals surface area contributed by atoms with E-state index in [4.69, 9.17) is 4.42 Å². The van der Waals surface area contributed by atoms with Gasteiger partial charge in [-0.05, 0) is 91.3 Å². The van der Waals surface area contributed by atoms with E-state index in [1.165, 1.54) is 42.4 Å². The van der Waals surface area contributed by atoms with E-state index in [-0.39, 0.29) is 5.82 Å². The minimum Gasteiger partial charge on any atom is -0.454 e. The Morgan fingerprint density at radius 3 is 1.98 bits per heavy atom. The van der Waals surface area contributed by atoms with E-state index in [0.29, 0.717) is 23.0 Å². The molecule has 1 saturated carbocycles. The van der Waals surface area contributed by atoms with E-state index in [1.807, 2.05) is 6.07 Å². The quantitative estimate of drug-likeness (QED) is 0.203. The Bertz CT molecular complexity index is 1880. The highest BCUT2D eigenvalue weighted by Crippen LogP contribution is 2.43.